The minimum Gasteiger partial charge on any atom is -0.375 e. The summed E-state index contributed by atoms with van der Waals surface area (Å²) in [7, 11) is 0. The molecule has 4 heteroatoms. The zero-order chi connectivity index (χ0) is 14.2. The monoisotopic (exact) mass is 280 g/mol. The lowest BCUT2D eigenvalue weighted by molar-refractivity contribution is -0.130. The molecular weight excluding hydrogens is 252 g/mol. The maximum atomic E-state index is 12.5. The van der Waals surface area contributed by atoms with Gasteiger partial charge in [0.25, 0.3) is 0 Å². The van der Waals surface area contributed by atoms with E-state index >= 15 is 0 Å². The molecule has 0 aliphatic carbocycles. The maximum Gasteiger partial charge on any atom is 0.224 e. The van der Waals surface area contributed by atoms with Gasteiger partial charge in [-0.05, 0) is 44.9 Å². The van der Waals surface area contributed by atoms with Crippen LogP contribution in [-0.4, -0.2) is 36.2 Å². The number of rotatable bonds is 4. The summed E-state index contributed by atoms with van der Waals surface area (Å²) in [6.07, 6.45) is 7.45. The number of fused-ring (bicyclic) bond motifs is 2. The van der Waals surface area contributed by atoms with E-state index in [2.05, 4.69) is 24.5 Å². The molecule has 3 rings (SSSR count). The van der Waals surface area contributed by atoms with Gasteiger partial charge in [0.1, 0.15) is 0 Å². The zero-order valence-corrected chi connectivity index (χ0v) is 12.8. The molecule has 4 unspecified atom stereocenters. The predicted molar refractivity (Wildman–Crippen MR) is 78.5 cm³/mol. The van der Waals surface area contributed by atoms with E-state index in [1.54, 1.807) is 0 Å². The maximum absolute atomic E-state index is 12.5. The van der Waals surface area contributed by atoms with Crippen LogP contribution in [0, 0.1) is 5.92 Å². The van der Waals surface area contributed by atoms with Crippen LogP contribution in [0.2, 0.25) is 0 Å². The molecular formula is C16H28N2O2. The summed E-state index contributed by atoms with van der Waals surface area (Å²) in [5, 5.41) is 6.86. The Kier molecular flexibility index (Phi) is 4.04. The number of hydrogen-bond acceptors (Lipinski definition) is 3. The molecule has 114 valence electrons. The van der Waals surface area contributed by atoms with E-state index in [-0.39, 0.29) is 17.4 Å². The molecule has 2 N–H and O–H groups in total. The van der Waals surface area contributed by atoms with E-state index in [1.807, 2.05) is 0 Å². The Morgan fingerprint density at radius 1 is 1.30 bits per heavy atom. The molecule has 0 aromatic rings. The highest BCUT2D eigenvalue weighted by molar-refractivity contribution is 5.80. The molecule has 0 aromatic heterocycles. The van der Waals surface area contributed by atoms with Crippen molar-refractivity contribution in [2.75, 3.05) is 6.61 Å². The van der Waals surface area contributed by atoms with Crippen LogP contribution >= 0.6 is 0 Å². The number of carbonyl (C=O) groups is 1. The van der Waals surface area contributed by atoms with Crippen molar-refractivity contribution < 1.29 is 9.53 Å². The van der Waals surface area contributed by atoms with Crippen LogP contribution in [0.4, 0.5) is 0 Å². The summed E-state index contributed by atoms with van der Waals surface area (Å²) in [6.45, 7) is 5.16. The van der Waals surface area contributed by atoms with Crippen LogP contribution in [0.15, 0.2) is 0 Å². The highest BCUT2D eigenvalue weighted by Gasteiger charge is 2.44. The summed E-state index contributed by atoms with van der Waals surface area (Å²) in [5.41, 5.74) is -0.0108. The first-order chi connectivity index (χ1) is 9.65. The third-order valence-electron chi connectivity index (χ3n) is 5.76. The number of nitrogens with one attached hydrogen (secondary N) is 2. The summed E-state index contributed by atoms with van der Waals surface area (Å²) < 4.78 is 5.99. The van der Waals surface area contributed by atoms with Crippen molar-refractivity contribution in [2.24, 2.45) is 5.92 Å². The topological polar surface area (TPSA) is 50.4 Å². The molecule has 3 fully saturated rings. The molecule has 3 aliphatic rings. The smallest absolute Gasteiger partial charge is 0.224 e. The second-order valence-corrected chi connectivity index (χ2v) is 6.83. The van der Waals surface area contributed by atoms with Gasteiger partial charge in [-0.1, -0.05) is 13.8 Å². The van der Waals surface area contributed by atoms with E-state index in [0.29, 0.717) is 18.1 Å². The molecule has 20 heavy (non-hydrogen) atoms. The lowest BCUT2D eigenvalue weighted by atomic mass is 9.84. The van der Waals surface area contributed by atoms with Crippen molar-refractivity contribution in [3.63, 3.8) is 0 Å². The van der Waals surface area contributed by atoms with Gasteiger partial charge in [0.15, 0.2) is 0 Å². The van der Waals surface area contributed by atoms with E-state index in [0.717, 1.165) is 38.7 Å². The fraction of sp³-hybridized carbons (Fsp3) is 0.938. The fourth-order valence-corrected chi connectivity index (χ4v) is 4.32. The van der Waals surface area contributed by atoms with Crippen molar-refractivity contribution in [1.29, 1.82) is 0 Å². The number of ether oxygens (including phenoxy) is 1. The minimum atomic E-state index is -0.0108. The zero-order valence-electron chi connectivity index (χ0n) is 12.8. The van der Waals surface area contributed by atoms with Crippen LogP contribution in [0.25, 0.3) is 0 Å². The van der Waals surface area contributed by atoms with Crippen LogP contribution in [0.1, 0.15) is 58.8 Å². The SMILES string of the molecule is CCC1(CC)CC(NC(=O)C2CC3CCC2N3)CCO1. The summed E-state index contributed by atoms with van der Waals surface area (Å²) in [6, 6.07) is 1.33. The van der Waals surface area contributed by atoms with Crippen molar-refractivity contribution >= 4 is 5.91 Å². The third kappa shape index (κ3) is 2.60. The molecule has 0 spiro atoms. The summed E-state index contributed by atoms with van der Waals surface area (Å²) >= 11 is 0. The molecule has 2 bridgehead atoms. The molecule has 0 radical (unpaired) electrons. The van der Waals surface area contributed by atoms with Gasteiger partial charge < -0.3 is 15.4 Å². The molecule has 3 saturated heterocycles. The molecule has 4 atom stereocenters. The Morgan fingerprint density at radius 3 is 2.70 bits per heavy atom. The molecule has 0 saturated carbocycles. The van der Waals surface area contributed by atoms with E-state index in [1.165, 1.54) is 12.8 Å². The van der Waals surface area contributed by atoms with Crippen LogP contribution in [0.3, 0.4) is 0 Å². The van der Waals surface area contributed by atoms with Crippen molar-refractivity contribution in [2.45, 2.75) is 82.5 Å². The van der Waals surface area contributed by atoms with Gasteiger partial charge in [-0.3, -0.25) is 4.79 Å². The molecule has 3 aliphatic heterocycles. The fourth-order valence-electron chi connectivity index (χ4n) is 4.32. The average molecular weight is 280 g/mol. The molecule has 1 amide bonds. The normalized spacial score (nSPS) is 38.9. The first-order valence-corrected chi connectivity index (χ1v) is 8.36. The Labute approximate surface area is 122 Å². The van der Waals surface area contributed by atoms with Crippen molar-refractivity contribution in [3.05, 3.63) is 0 Å². The Balaban J connectivity index is 1.56. The Hall–Kier alpha value is -0.610. The number of hydrogen-bond donors (Lipinski definition) is 2. The van der Waals surface area contributed by atoms with Gasteiger partial charge in [-0.15, -0.1) is 0 Å². The van der Waals surface area contributed by atoms with Gasteiger partial charge in [-0.25, -0.2) is 0 Å². The third-order valence-corrected chi connectivity index (χ3v) is 5.76. The predicted octanol–water partition coefficient (Wildman–Crippen LogP) is 1.98. The van der Waals surface area contributed by atoms with Crippen molar-refractivity contribution in [1.82, 2.24) is 10.6 Å². The lowest BCUT2D eigenvalue weighted by Gasteiger charge is -2.40. The lowest BCUT2D eigenvalue weighted by Crippen LogP contribution is -2.50. The second kappa shape index (κ2) is 5.64. The van der Waals surface area contributed by atoms with Gasteiger partial charge >= 0.3 is 0 Å². The first-order valence-electron chi connectivity index (χ1n) is 8.36. The molecule has 0 aromatic carbocycles. The van der Waals surface area contributed by atoms with Gasteiger partial charge in [0, 0.05) is 24.7 Å². The summed E-state index contributed by atoms with van der Waals surface area (Å²) in [5.74, 6) is 0.479. The molecule has 3 heterocycles. The highest BCUT2D eigenvalue weighted by Crippen LogP contribution is 2.35. The molecule has 4 nitrogen and oxygen atoms in total. The first kappa shape index (κ1) is 14.3. The largest absolute Gasteiger partial charge is 0.375 e. The number of carbonyl (C=O) groups excluding carboxylic acids is 1. The Morgan fingerprint density at radius 2 is 2.10 bits per heavy atom. The second-order valence-electron chi connectivity index (χ2n) is 6.83. The average Bonchev–Trinajstić information content (AvgIpc) is 3.10. The van der Waals surface area contributed by atoms with E-state index in [9.17, 15) is 4.79 Å². The standard InChI is InChI=1S/C16H28N2O2/c1-3-16(4-2)10-12(7-8-20-16)18-15(19)13-9-11-5-6-14(13)17-11/h11-14,17H,3-10H2,1-2H3,(H,18,19). The van der Waals surface area contributed by atoms with Gasteiger partial charge in [0.2, 0.25) is 5.91 Å². The number of amides is 1. The minimum absolute atomic E-state index is 0.0108. The highest BCUT2D eigenvalue weighted by atomic mass is 16.5. The van der Waals surface area contributed by atoms with Crippen LogP contribution < -0.4 is 10.6 Å². The van der Waals surface area contributed by atoms with Crippen molar-refractivity contribution in [3.8, 4) is 0 Å². The van der Waals surface area contributed by atoms with E-state index < -0.39 is 0 Å². The van der Waals surface area contributed by atoms with Crippen LogP contribution in [-0.2, 0) is 9.53 Å². The van der Waals surface area contributed by atoms with Gasteiger partial charge in [0.05, 0.1) is 11.5 Å². The van der Waals surface area contributed by atoms with Crippen LogP contribution in [0.5, 0.6) is 0 Å². The Bertz CT molecular complexity index is 367. The van der Waals surface area contributed by atoms with E-state index in [4.69, 9.17) is 4.74 Å². The van der Waals surface area contributed by atoms with Gasteiger partial charge in [-0.2, -0.15) is 0 Å². The quantitative estimate of drug-likeness (QED) is 0.828. The summed E-state index contributed by atoms with van der Waals surface area (Å²) in [4.78, 5) is 12.5.